The van der Waals surface area contributed by atoms with Gasteiger partial charge in [-0.3, -0.25) is 9.48 Å². The van der Waals surface area contributed by atoms with E-state index in [1.165, 1.54) is 5.56 Å². The molecule has 0 bridgehead atoms. The number of nitrogens with zero attached hydrogens (tertiary/aromatic N) is 3. The molecule has 2 aromatic rings. The highest BCUT2D eigenvalue weighted by atomic mass is 16.4. The van der Waals surface area contributed by atoms with Crippen LogP contribution in [0, 0.1) is 6.92 Å². The third-order valence-corrected chi connectivity index (χ3v) is 3.27. The lowest BCUT2D eigenvalue weighted by molar-refractivity contribution is -0.136. The van der Waals surface area contributed by atoms with E-state index in [1.54, 1.807) is 6.20 Å². The summed E-state index contributed by atoms with van der Waals surface area (Å²) in [6.07, 6.45) is 1.87. The number of rotatable bonds is 6. The standard InChI is InChI=1S/C15H19N3O2/c1-12-3-5-13(6-4-12)18(10-8-15(19)20)11-14-7-9-16-17(14)2/h3-7,9H,8,10-11H2,1-2H3,(H,19,20). The maximum atomic E-state index is 10.8. The smallest absolute Gasteiger partial charge is 0.305 e. The van der Waals surface area contributed by atoms with Crippen molar-refractivity contribution in [1.82, 2.24) is 9.78 Å². The van der Waals surface area contributed by atoms with Crippen molar-refractivity contribution in [3.63, 3.8) is 0 Å². The van der Waals surface area contributed by atoms with Crippen LogP contribution in [0.5, 0.6) is 0 Å². The van der Waals surface area contributed by atoms with Gasteiger partial charge in [-0.15, -0.1) is 0 Å². The Kier molecular flexibility index (Phi) is 4.40. The van der Waals surface area contributed by atoms with Crippen LogP contribution in [0.15, 0.2) is 36.5 Å². The van der Waals surface area contributed by atoms with Gasteiger partial charge in [-0.2, -0.15) is 5.10 Å². The minimum Gasteiger partial charge on any atom is -0.481 e. The van der Waals surface area contributed by atoms with E-state index in [1.807, 2.05) is 49.0 Å². The molecule has 1 N–H and O–H groups in total. The topological polar surface area (TPSA) is 58.4 Å². The second-order valence-electron chi connectivity index (χ2n) is 4.85. The van der Waals surface area contributed by atoms with Gasteiger partial charge in [0.15, 0.2) is 0 Å². The first-order chi connectivity index (χ1) is 9.56. The van der Waals surface area contributed by atoms with Crippen molar-refractivity contribution in [3.8, 4) is 0 Å². The second kappa shape index (κ2) is 6.23. The van der Waals surface area contributed by atoms with Crippen molar-refractivity contribution >= 4 is 11.7 Å². The quantitative estimate of drug-likeness (QED) is 0.876. The number of carbonyl (C=O) groups is 1. The van der Waals surface area contributed by atoms with Crippen molar-refractivity contribution in [3.05, 3.63) is 47.8 Å². The van der Waals surface area contributed by atoms with Gasteiger partial charge in [0.05, 0.1) is 18.7 Å². The number of hydrogen-bond donors (Lipinski definition) is 1. The second-order valence-corrected chi connectivity index (χ2v) is 4.85. The summed E-state index contributed by atoms with van der Waals surface area (Å²) in [7, 11) is 1.89. The Bertz CT molecular complexity index is 575. The molecule has 0 radical (unpaired) electrons. The van der Waals surface area contributed by atoms with Crippen LogP contribution in [0.25, 0.3) is 0 Å². The minimum atomic E-state index is -0.785. The van der Waals surface area contributed by atoms with Gasteiger partial charge >= 0.3 is 5.97 Å². The van der Waals surface area contributed by atoms with E-state index < -0.39 is 5.97 Å². The summed E-state index contributed by atoms with van der Waals surface area (Å²) in [5.41, 5.74) is 3.27. The maximum Gasteiger partial charge on any atom is 0.305 e. The van der Waals surface area contributed by atoms with Gasteiger partial charge in [0.2, 0.25) is 0 Å². The summed E-state index contributed by atoms with van der Waals surface area (Å²) >= 11 is 0. The average Bonchev–Trinajstić information content (AvgIpc) is 2.81. The first-order valence-corrected chi connectivity index (χ1v) is 6.56. The molecule has 1 heterocycles. The highest BCUT2D eigenvalue weighted by Crippen LogP contribution is 2.18. The molecule has 0 saturated heterocycles. The number of aromatic nitrogens is 2. The number of aliphatic carboxylic acids is 1. The number of anilines is 1. The zero-order valence-electron chi connectivity index (χ0n) is 11.8. The van der Waals surface area contributed by atoms with E-state index in [2.05, 4.69) is 10.00 Å². The molecule has 0 atom stereocenters. The molecule has 0 aliphatic heterocycles. The molecule has 0 saturated carbocycles. The van der Waals surface area contributed by atoms with E-state index in [0.29, 0.717) is 13.1 Å². The molecule has 0 aliphatic rings. The number of hydrogen-bond acceptors (Lipinski definition) is 3. The summed E-state index contributed by atoms with van der Waals surface area (Å²) in [5, 5.41) is 13.0. The lowest BCUT2D eigenvalue weighted by atomic mass is 10.2. The van der Waals surface area contributed by atoms with Crippen LogP contribution in [0.4, 0.5) is 5.69 Å². The normalized spacial score (nSPS) is 10.5. The molecule has 20 heavy (non-hydrogen) atoms. The molecule has 0 aliphatic carbocycles. The van der Waals surface area contributed by atoms with Crippen molar-refractivity contribution < 1.29 is 9.90 Å². The Labute approximate surface area is 118 Å². The van der Waals surface area contributed by atoms with Crippen molar-refractivity contribution in [2.75, 3.05) is 11.4 Å². The summed E-state index contributed by atoms with van der Waals surface area (Å²) in [5.74, 6) is -0.785. The molecule has 0 unspecified atom stereocenters. The van der Waals surface area contributed by atoms with E-state index >= 15 is 0 Å². The fraction of sp³-hybridized carbons (Fsp3) is 0.333. The molecule has 0 spiro atoms. The average molecular weight is 273 g/mol. The Hall–Kier alpha value is -2.30. The van der Waals surface area contributed by atoms with E-state index in [4.69, 9.17) is 5.11 Å². The fourth-order valence-electron chi connectivity index (χ4n) is 2.04. The minimum absolute atomic E-state index is 0.117. The van der Waals surface area contributed by atoms with Crippen molar-refractivity contribution in [1.29, 1.82) is 0 Å². The molecule has 1 aromatic carbocycles. The molecule has 2 rings (SSSR count). The van der Waals surface area contributed by atoms with Gasteiger partial charge in [0.1, 0.15) is 0 Å². The Morgan fingerprint density at radius 3 is 2.55 bits per heavy atom. The number of aryl methyl sites for hydroxylation is 2. The monoisotopic (exact) mass is 273 g/mol. The van der Waals surface area contributed by atoms with Gasteiger partial charge in [-0.05, 0) is 25.1 Å². The van der Waals surface area contributed by atoms with Gasteiger partial charge in [-0.1, -0.05) is 17.7 Å². The largest absolute Gasteiger partial charge is 0.481 e. The molecular formula is C15H19N3O2. The molecule has 0 amide bonds. The lowest BCUT2D eigenvalue weighted by Gasteiger charge is -2.24. The van der Waals surface area contributed by atoms with Crippen LogP contribution >= 0.6 is 0 Å². The predicted octanol–water partition coefficient (Wildman–Crippen LogP) is 2.21. The lowest BCUT2D eigenvalue weighted by Crippen LogP contribution is -2.26. The molecule has 5 heteroatoms. The predicted molar refractivity (Wildman–Crippen MR) is 77.7 cm³/mol. The van der Waals surface area contributed by atoms with Crippen LogP contribution in [0.2, 0.25) is 0 Å². The zero-order chi connectivity index (χ0) is 14.5. The van der Waals surface area contributed by atoms with Crippen LogP contribution in [-0.2, 0) is 18.4 Å². The van der Waals surface area contributed by atoms with Gasteiger partial charge in [0, 0.05) is 25.5 Å². The summed E-state index contributed by atoms with van der Waals surface area (Å²) in [4.78, 5) is 12.9. The van der Waals surface area contributed by atoms with Crippen LogP contribution in [0.1, 0.15) is 17.7 Å². The third-order valence-electron chi connectivity index (χ3n) is 3.27. The van der Waals surface area contributed by atoms with Gasteiger partial charge < -0.3 is 10.0 Å². The fourth-order valence-corrected chi connectivity index (χ4v) is 2.04. The summed E-state index contributed by atoms with van der Waals surface area (Å²) < 4.78 is 1.81. The number of carboxylic acid groups (broad SMARTS) is 1. The number of carboxylic acids is 1. The van der Waals surface area contributed by atoms with E-state index in [0.717, 1.165) is 11.4 Å². The maximum absolute atomic E-state index is 10.8. The highest BCUT2D eigenvalue weighted by Gasteiger charge is 2.11. The third kappa shape index (κ3) is 3.60. The van der Waals surface area contributed by atoms with Gasteiger partial charge in [-0.25, -0.2) is 0 Å². The summed E-state index contributed by atoms with van der Waals surface area (Å²) in [6, 6.07) is 10.1. The zero-order valence-corrected chi connectivity index (χ0v) is 11.8. The van der Waals surface area contributed by atoms with Crippen LogP contribution in [0.3, 0.4) is 0 Å². The summed E-state index contributed by atoms with van der Waals surface area (Å²) in [6.45, 7) is 3.16. The number of benzene rings is 1. The van der Waals surface area contributed by atoms with Gasteiger partial charge in [0.25, 0.3) is 0 Å². The van der Waals surface area contributed by atoms with E-state index in [9.17, 15) is 4.79 Å². The molecule has 0 fully saturated rings. The SMILES string of the molecule is Cc1ccc(N(CCC(=O)O)Cc2ccnn2C)cc1. The molecular weight excluding hydrogens is 254 g/mol. The Balaban J connectivity index is 2.17. The van der Waals surface area contributed by atoms with Crippen LogP contribution in [-0.4, -0.2) is 27.4 Å². The first-order valence-electron chi connectivity index (χ1n) is 6.56. The highest BCUT2D eigenvalue weighted by molar-refractivity contribution is 5.67. The van der Waals surface area contributed by atoms with Crippen molar-refractivity contribution in [2.45, 2.75) is 19.9 Å². The van der Waals surface area contributed by atoms with E-state index in [-0.39, 0.29) is 6.42 Å². The van der Waals surface area contributed by atoms with Crippen LogP contribution < -0.4 is 4.90 Å². The molecule has 106 valence electrons. The molecule has 1 aromatic heterocycles. The Morgan fingerprint density at radius 2 is 2.00 bits per heavy atom. The Morgan fingerprint density at radius 1 is 1.30 bits per heavy atom. The molecule has 5 nitrogen and oxygen atoms in total. The van der Waals surface area contributed by atoms with Crippen molar-refractivity contribution in [2.24, 2.45) is 7.05 Å². The first kappa shape index (κ1) is 14.1.